The molecule has 2 N–H and O–H groups in total. The van der Waals surface area contributed by atoms with Crippen molar-refractivity contribution in [1.82, 2.24) is 10.2 Å². The SMILES string of the molecule is O=C1CC(O)CN1c1n[nH]c(=S)s1. The molecular weight excluding hydrogens is 210 g/mol. The van der Waals surface area contributed by atoms with Crippen molar-refractivity contribution in [2.24, 2.45) is 0 Å². The Balaban J connectivity index is 2.27. The molecule has 0 radical (unpaired) electrons. The number of nitrogens with zero attached hydrogens (tertiary/aromatic N) is 2. The number of β-amino-alcohol motifs (C(OH)–C–C–N with tert-alkyl or cyclic N) is 1. The largest absolute Gasteiger partial charge is 0.391 e. The van der Waals surface area contributed by atoms with Gasteiger partial charge in [-0.2, -0.15) is 0 Å². The summed E-state index contributed by atoms with van der Waals surface area (Å²) in [6.45, 7) is 0.314. The van der Waals surface area contributed by atoms with Gasteiger partial charge in [-0.3, -0.25) is 14.8 Å². The Kier molecular flexibility index (Phi) is 2.14. The second kappa shape index (κ2) is 3.17. The number of rotatable bonds is 1. The lowest BCUT2D eigenvalue weighted by Crippen LogP contribution is -2.24. The van der Waals surface area contributed by atoms with Crippen LogP contribution < -0.4 is 4.90 Å². The summed E-state index contributed by atoms with van der Waals surface area (Å²) in [5.41, 5.74) is 0. The first-order chi connectivity index (χ1) is 6.16. The number of aliphatic hydroxyl groups is 1. The van der Waals surface area contributed by atoms with Gasteiger partial charge in [-0.05, 0) is 12.2 Å². The standard InChI is InChI=1S/C6H7N3O2S2/c10-3-1-4(11)9(2-3)5-7-8-6(12)13-5/h3,10H,1-2H2,(H,8,12). The maximum absolute atomic E-state index is 11.3. The Labute approximate surface area is 83.0 Å². The van der Waals surface area contributed by atoms with Gasteiger partial charge < -0.3 is 5.11 Å². The molecule has 70 valence electrons. The molecule has 1 aliphatic heterocycles. The lowest BCUT2D eigenvalue weighted by molar-refractivity contribution is -0.117. The molecule has 0 bridgehead atoms. The number of hydrogen-bond donors (Lipinski definition) is 2. The van der Waals surface area contributed by atoms with E-state index >= 15 is 0 Å². The first-order valence-corrected chi connectivity index (χ1v) is 4.93. The molecule has 0 aliphatic carbocycles. The van der Waals surface area contributed by atoms with E-state index in [4.69, 9.17) is 12.2 Å². The van der Waals surface area contributed by atoms with Crippen LogP contribution in [0, 0.1) is 3.95 Å². The number of nitrogens with one attached hydrogen (secondary N) is 1. The smallest absolute Gasteiger partial charge is 0.231 e. The number of carbonyl (C=O) groups is 1. The lowest BCUT2D eigenvalue weighted by Gasteiger charge is -2.09. The number of H-pyrrole nitrogens is 1. The predicted molar refractivity (Wildman–Crippen MR) is 50.3 cm³/mol. The van der Waals surface area contributed by atoms with Gasteiger partial charge in [-0.15, -0.1) is 5.10 Å². The monoisotopic (exact) mass is 217 g/mol. The molecule has 1 saturated heterocycles. The highest BCUT2D eigenvalue weighted by Crippen LogP contribution is 2.23. The fourth-order valence-electron chi connectivity index (χ4n) is 1.21. The summed E-state index contributed by atoms with van der Waals surface area (Å²) in [4.78, 5) is 12.7. The van der Waals surface area contributed by atoms with Crippen LogP contribution in [0.3, 0.4) is 0 Å². The molecule has 1 aromatic rings. The molecule has 2 heterocycles. The number of hydrogen-bond acceptors (Lipinski definition) is 5. The number of anilines is 1. The van der Waals surface area contributed by atoms with E-state index in [0.717, 1.165) is 0 Å². The molecule has 1 aliphatic rings. The Morgan fingerprint density at radius 1 is 1.77 bits per heavy atom. The minimum atomic E-state index is -0.579. The van der Waals surface area contributed by atoms with E-state index in [0.29, 0.717) is 15.6 Å². The Morgan fingerprint density at radius 2 is 2.54 bits per heavy atom. The van der Waals surface area contributed by atoms with Crippen LogP contribution in [-0.4, -0.2) is 33.9 Å². The minimum absolute atomic E-state index is 0.106. The topological polar surface area (TPSA) is 69.2 Å². The van der Waals surface area contributed by atoms with Gasteiger partial charge >= 0.3 is 0 Å². The third-order valence-electron chi connectivity index (χ3n) is 1.76. The zero-order valence-corrected chi connectivity index (χ0v) is 8.19. The van der Waals surface area contributed by atoms with Gasteiger partial charge in [-0.25, -0.2) is 0 Å². The number of aliphatic hydroxyl groups excluding tert-OH is 1. The summed E-state index contributed by atoms with van der Waals surface area (Å²) >= 11 is 6.07. The number of aromatic nitrogens is 2. The molecule has 2 rings (SSSR count). The van der Waals surface area contributed by atoms with Crippen molar-refractivity contribution < 1.29 is 9.90 Å². The van der Waals surface area contributed by atoms with Crippen LogP contribution in [0.15, 0.2) is 0 Å². The van der Waals surface area contributed by atoms with E-state index in [1.165, 1.54) is 16.2 Å². The summed E-state index contributed by atoms with van der Waals surface area (Å²) in [7, 11) is 0. The first-order valence-electron chi connectivity index (χ1n) is 3.71. The van der Waals surface area contributed by atoms with Crippen molar-refractivity contribution in [3.8, 4) is 0 Å². The number of amides is 1. The van der Waals surface area contributed by atoms with Crippen molar-refractivity contribution in [1.29, 1.82) is 0 Å². The van der Waals surface area contributed by atoms with Gasteiger partial charge in [0.2, 0.25) is 11.0 Å². The van der Waals surface area contributed by atoms with Gasteiger partial charge in [0.05, 0.1) is 19.1 Å². The van der Waals surface area contributed by atoms with Crippen LogP contribution >= 0.6 is 23.6 Å². The van der Waals surface area contributed by atoms with Crippen LogP contribution in [0.4, 0.5) is 5.13 Å². The van der Waals surface area contributed by atoms with Crippen molar-refractivity contribution in [2.45, 2.75) is 12.5 Å². The van der Waals surface area contributed by atoms with Gasteiger partial charge in [0, 0.05) is 0 Å². The molecule has 0 spiro atoms. The summed E-state index contributed by atoms with van der Waals surface area (Å²) in [6, 6.07) is 0. The van der Waals surface area contributed by atoms with Gasteiger partial charge in [0.1, 0.15) is 0 Å². The fourth-order valence-corrected chi connectivity index (χ4v) is 2.12. The third kappa shape index (κ3) is 1.62. The Hall–Kier alpha value is -0.790. The molecule has 1 fully saturated rings. The Bertz CT molecular complexity index is 385. The normalized spacial score (nSPS) is 22.7. The zero-order valence-electron chi connectivity index (χ0n) is 6.56. The molecule has 1 unspecified atom stereocenters. The number of carbonyl (C=O) groups excluding carboxylic acids is 1. The van der Waals surface area contributed by atoms with Crippen molar-refractivity contribution in [2.75, 3.05) is 11.4 Å². The average Bonchev–Trinajstić information content (AvgIpc) is 2.58. The van der Waals surface area contributed by atoms with Crippen LogP contribution in [0.2, 0.25) is 0 Å². The molecule has 5 nitrogen and oxygen atoms in total. The van der Waals surface area contributed by atoms with E-state index in [1.807, 2.05) is 0 Å². The van der Waals surface area contributed by atoms with Crippen LogP contribution in [0.5, 0.6) is 0 Å². The van der Waals surface area contributed by atoms with Gasteiger partial charge in [0.15, 0.2) is 3.95 Å². The highest BCUT2D eigenvalue weighted by atomic mass is 32.1. The van der Waals surface area contributed by atoms with E-state index in [9.17, 15) is 9.90 Å². The number of aromatic amines is 1. The van der Waals surface area contributed by atoms with Crippen molar-refractivity contribution in [3.05, 3.63) is 3.95 Å². The van der Waals surface area contributed by atoms with Crippen LogP contribution in [0.25, 0.3) is 0 Å². The molecule has 0 aromatic carbocycles. The second-order valence-electron chi connectivity index (χ2n) is 2.76. The molecule has 1 aromatic heterocycles. The highest BCUT2D eigenvalue weighted by molar-refractivity contribution is 7.73. The molecule has 1 atom stereocenters. The summed E-state index contributed by atoms with van der Waals surface area (Å²) in [6.07, 6.45) is -0.406. The van der Waals surface area contributed by atoms with E-state index in [1.54, 1.807) is 0 Å². The van der Waals surface area contributed by atoms with E-state index < -0.39 is 6.10 Å². The molecule has 13 heavy (non-hydrogen) atoms. The van der Waals surface area contributed by atoms with E-state index in [-0.39, 0.29) is 12.3 Å². The quantitative estimate of drug-likeness (QED) is 0.664. The van der Waals surface area contributed by atoms with Crippen molar-refractivity contribution in [3.63, 3.8) is 0 Å². The highest BCUT2D eigenvalue weighted by Gasteiger charge is 2.30. The van der Waals surface area contributed by atoms with E-state index in [2.05, 4.69) is 10.2 Å². The van der Waals surface area contributed by atoms with Crippen LogP contribution in [-0.2, 0) is 4.79 Å². The molecular formula is C6H7N3O2S2. The fraction of sp³-hybridized carbons (Fsp3) is 0.500. The third-order valence-corrected chi connectivity index (χ3v) is 2.87. The van der Waals surface area contributed by atoms with Gasteiger partial charge in [0.25, 0.3) is 0 Å². The van der Waals surface area contributed by atoms with Crippen LogP contribution in [0.1, 0.15) is 6.42 Å². The minimum Gasteiger partial charge on any atom is -0.391 e. The predicted octanol–water partition coefficient (Wildman–Crippen LogP) is 0.298. The first kappa shape index (κ1) is 8.79. The maximum Gasteiger partial charge on any atom is 0.231 e. The summed E-state index contributed by atoms with van der Waals surface area (Å²) < 4.78 is 0.532. The zero-order chi connectivity index (χ0) is 9.42. The molecule has 0 saturated carbocycles. The molecule has 1 amide bonds. The maximum atomic E-state index is 11.3. The average molecular weight is 217 g/mol. The second-order valence-corrected chi connectivity index (χ2v) is 4.40. The van der Waals surface area contributed by atoms with Gasteiger partial charge in [-0.1, -0.05) is 11.3 Å². The van der Waals surface area contributed by atoms with Crippen molar-refractivity contribution >= 4 is 34.6 Å². The molecule has 7 heteroatoms. The summed E-state index contributed by atoms with van der Waals surface area (Å²) in [5, 5.41) is 16.2. The summed E-state index contributed by atoms with van der Waals surface area (Å²) in [5.74, 6) is -0.106. The Morgan fingerprint density at radius 3 is 3.00 bits per heavy atom. The lowest BCUT2D eigenvalue weighted by atomic mass is 10.3.